The molecule has 124 valence electrons. The molecule has 1 saturated carbocycles. The van der Waals surface area contributed by atoms with Crippen LogP contribution in [0.5, 0.6) is 11.5 Å². The first-order valence-electron chi connectivity index (χ1n) is 7.62. The molecule has 0 radical (unpaired) electrons. The molecule has 6 nitrogen and oxygen atoms in total. The molecule has 0 unspecified atom stereocenters. The second-order valence-electron chi connectivity index (χ2n) is 5.83. The van der Waals surface area contributed by atoms with E-state index in [1.165, 1.54) is 13.5 Å². The number of ether oxygens (including phenoxy) is 2. The predicted molar refractivity (Wildman–Crippen MR) is 86.8 cm³/mol. The number of benzene rings is 1. The summed E-state index contributed by atoms with van der Waals surface area (Å²) < 4.78 is 16.0. The smallest absolute Gasteiger partial charge is 0.247 e. The fourth-order valence-corrected chi connectivity index (χ4v) is 3.27. The third kappa shape index (κ3) is 3.01. The normalized spacial score (nSPS) is 17.0. The van der Waals surface area contributed by atoms with E-state index < -0.39 is 5.54 Å². The van der Waals surface area contributed by atoms with E-state index in [2.05, 4.69) is 10.1 Å². The molecule has 0 atom stereocenters. The number of hydrogen-bond donors (Lipinski definition) is 1. The Balaban J connectivity index is 1.95. The third-order valence-electron chi connectivity index (χ3n) is 4.29. The highest BCUT2D eigenvalue weighted by molar-refractivity contribution is 6.32. The lowest BCUT2D eigenvalue weighted by molar-refractivity contribution is 0.220. The molecule has 1 aliphatic rings. The molecule has 1 heterocycles. The summed E-state index contributed by atoms with van der Waals surface area (Å²) in [5, 5.41) is 4.48. The van der Waals surface area contributed by atoms with Crippen LogP contribution in [0.3, 0.4) is 0 Å². The molecule has 1 fully saturated rings. The van der Waals surface area contributed by atoms with Crippen LogP contribution in [0.4, 0.5) is 0 Å². The molecular weight excluding hydrogens is 318 g/mol. The van der Waals surface area contributed by atoms with Crippen LogP contribution < -0.4 is 15.2 Å². The van der Waals surface area contributed by atoms with E-state index in [1.54, 1.807) is 19.2 Å². The van der Waals surface area contributed by atoms with Crippen molar-refractivity contribution < 1.29 is 14.0 Å². The zero-order chi connectivity index (χ0) is 16.4. The monoisotopic (exact) mass is 337 g/mol. The molecule has 7 heteroatoms. The maximum atomic E-state index is 6.44. The van der Waals surface area contributed by atoms with Gasteiger partial charge in [-0.05, 0) is 25.0 Å². The topological polar surface area (TPSA) is 83.4 Å². The average Bonchev–Trinajstić information content (AvgIpc) is 3.05. The summed E-state index contributed by atoms with van der Waals surface area (Å²) in [4.78, 5) is 4.49. The standard InChI is InChI=1S/C16H20ClN3O3/c1-21-12-9-10(8-11(17)13(12)22-2)14-19-15(23-20-14)16(18)6-4-3-5-7-16/h8-9H,3-7,18H2,1-2H3. The van der Waals surface area contributed by atoms with E-state index in [4.69, 9.17) is 31.3 Å². The Bertz CT molecular complexity index is 696. The maximum absolute atomic E-state index is 6.44. The van der Waals surface area contributed by atoms with Gasteiger partial charge in [0.1, 0.15) is 0 Å². The number of hydrogen-bond acceptors (Lipinski definition) is 6. The second-order valence-corrected chi connectivity index (χ2v) is 6.24. The Labute approximate surface area is 139 Å². The summed E-state index contributed by atoms with van der Waals surface area (Å²) in [6.07, 6.45) is 5.08. The second kappa shape index (κ2) is 6.37. The zero-order valence-corrected chi connectivity index (χ0v) is 14.0. The van der Waals surface area contributed by atoms with E-state index in [0.29, 0.717) is 33.8 Å². The molecule has 2 aromatic rings. The quantitative estimate of drug-likeness (QED) is 0.918. The van der Waals surface area contributed by atoms with Gasteiger partial charge in [0.2, 0.25) is 11.7 Å². The summed E-state index contributed by atoms with van der Waals surface area (Å²) in [6.45, 7) is 0. The van der Waals surface area contributed by atoms with Crippen LogP contribution in [0.15, 0.2) is 16.7 Å². The minimum Gasteiger partial charge on any atom is -0.493 e. The first-order chi connectivity index (χ1) is 11.1. The highest BCUT2D eigenvalue weighted by Crippen LogP contribution is 2.39. The summed E-state index contributed by atoms with van der Waals surface area (Å²) >= 11 is 6.23. The molecule has 2 N–H and O–H groups in total. The highest BCUT2D eigenvalue weighted by Gasteiger charge is 2.35. The van der Waals surface area contributed by atoms with Crippen LogP contribution in [0.2, 0.25) is 5.02 Å². The molecule has 1 aromatic heterocycles. The van der Waals surface area contributed by atoms with Gasteiger partial charge >= 0.3 is 0 Å². The Kier molecular flexibility index (Phi) is 4.46. The van der Waals surface area contributed by atoms with Crippen LogP contribution in [0.25, 0.3) is 11.4 Å². The van der Waals surface area contributed by atoms with Crippen LogP contribution >= 0.6 is 11.6 Å². The summed E-state index contributed by atoms with van der Waals surface area (Å²) in [6, 6.07) is 3.49. The van der Waals surface area contributed by atoms with Gasteiger partial charge in [0.25, 0.3) is 0 Å². The summed E-state index contributed by atoms with van der Waals surface area (Å²) in [5.74, 6) is 1.92. The van der Waals surface area contributed by atoms with Crippen molar-refractivity contribution in [3.63, 3.8) is 0 Å². The lowest BCUT2D eigenvalue weighted by Crippen LogP contribution is -2.38. The molecule has 0 amide bonds. The molecule has 1 aliphatic carbocycles. The van der Waals surface area contributed by atoms with Crippen molar-refractivity contribution in [2.45, 2.75) is 37.6 Å². The molecule has 3 rings (SSSR count). The first-order valence-corrected chi connectivity index (χ1v) is 8.00. The molecular formula is C16H20ClN3O3. The largest absolute Gasteiger partial charge is 0.493 e. The van der Waals surface area contributed by atoms with E-state index in [9.17, 15) is 0 Å². The van der Waals surface area contributed by atoms with Crippen molar-refractivity contribution in [3.05, 3.63) is 23.0 Å². The van der Waals surface area contributed by atoms with Gasteiger partial charge in [-0.25, -0.2) is 0 Å². The Morgan fingerprint density at radius 2 is 1.91 bits per heavy atom. The zero-order valence-electron chi connectivity index (χ0n) is 13.3. The predicted octanol–water partition coefficient (Wildman–Crippen LogP) is 3.53. The fourth-order valence-electron chi connectivity index (χ4n) is 2.99. The van der Waals surface area contributed by atoms with Gasteiger partial charge in [0.15, 0.2) is 11.5 Å². The Morgan fingerprint density at radius 1 is 1.17 bits per heavy atom. The van der Waals surface area contributed by atoms with Gasteiger partial charge in [-0.1, -0.05) is 36.0 Å². The van der Waals surface area contributed by atoms with Gasteiger partial charge in [-0.3, -0.25) is 0 Å². The number of halogens is 1. The van der Waals surface area contributed by atoms with E-state index in [-0.39, 0.29) is 0 Å². The number of aromatic nitrogens is 2. The lowest BCUT2D eigenvalue weighted by Gasteiger charge is -2.29. The molecule has 0 bridgehead atoms. The minimum atomic E-state index is -0.524. The van der Waals surface area contributed by atoms with Gasteiger partial charge < -0.3 is 19.7 Å². The number of nitrogens with zero attached hydrogens (tertiary/aromatic N) is 2. The third-order valence-corrected chi connectivity index (χ3v) is 4.57. The van der Waals surface area contributed by atoms with Crippen molar-refractivity contribution in [2.75, 3.05) is 14.2 Å². The van der Waals surface area contributed by atoms with Crippen LogP contribution in [-0.4, -0.2) is 24.4 Å². The highest BCUT2D eigenvalue weighted by atomic mass is 35.5. The van der Waals surface area contributed by atoms with Gasteiger partial charge in [-0.15, -0.1) is 0 Å². The fraction of sp³-hybridized carbons (Fsp3) is 0.500. The minimum absolute atomic E-state index is 0.424. The van der Waals surface area contributed by atoms with Crippen molar-refractivity contribution in [1.82, 2.24) is 10.1 Å². The lowest BCUT2D eigenvalue weighted by atomic mass is 9.82. The SMILES string of the molecule is COc1cc(-c2noc(C3(N)CCCCC3)n2)cc(Cl)c1OC. The van der Waals surface area contributed by atoms with Crippen molar-refractivity contribution in [3.8, 4) is 22.9 Å². The van der Waals surface area contributed by atoms with Crippen molar-refractivity contribution in [2.24, 2.45) is 5.73 Å². The summed E-state index contributed by atoms with van der Waals surface area (Å²) in [5.41, 5.74) is 6.61. The average molecular weight is 338 g/mol. The molecule has 0 spiro atoms. The maximum Gasteiger partial charge on any atom is 0.247 e. The van der Waals surface area contributed by atoms with Crippen LogP contribution in [-0.2, 0) is 5.54 Å². The Hall–Kier alpha value is -1.79. The number of methoxy groups -OCH3 is 2. The van der Waals surface area contributed by atoms with Gasteiger partial charge in [0.05, 0.1) is 24.8 Å². The van der Waals surface area contributed by atoms with Crippen molar-refractivity contribution in [1.29, 1.82) is 0 Å². The van der Waals surface area contributed by atoms with Crippen molar-refractivity contribution >= 4 is 11.6 Å². The van der Waals surface area contributed by atoms with Gasteiger partial charge in [0, 0.05) is 5.56 Å². The number of nitrogens with two attached hydrogens (primary N) is 1. The number of rotatable bonds is 4. The van der Waals surface area contributed by atoms with Crippen LogP contribution in [0.1, 0.15) is 38.0 Å². The first kappa shape index (κ1) is 16.1. The van der Waals surface area contributed by atoms with Gasteiger partial charge in [-0.2, -0.15) is 4.98 Å². The molecule has 0 saturated heterocycles. The Morgan fingerprint density at radius 3 is 2.57 bits per heavy atom. The van der Waals surface area contributed by atoms with E-state index in [1.807, 2.05) is 0 Å². The summed E-state index contributed by atoms with van der Waals surface area (Å²) in [7, 11) is 3.09. The molecule has 23 heavy (non-hydrogen) atoms. The van der Waals surface area contributed by atoms with Crippen LogP contribution in [0, 0.1) is 0 Å². The van der Waals surface area contributed by atoms with E-state index in [0.717, 1.165) is 25.7 Å². The molecule has 0 aliphatic heterocycles. The molecule has 1 aromatic carbocycles. The van der Waals surface area contributed by atoms with E-state index >= 15 is 0 Å².